The highest BCUT2D eigenvalue weighted by Crippen LogP contribution is 2.29. The van der Waals surface area contributed by atoms with Crippen LogP contribution in [0.2, 0.25) is 5.02 Å². The van der Waals surface area contributed by atoms with E-state index in [2.05, 4.69) is 22.4 Å². The number of halogens is 1. The number of aromatic nitrogens is 2. The molecule has 4 nitrogen and oxygen atoms in total. The summed E-state index contributed by atoms with van der Waals surface area (Å²) in [4.78, 5) is 4.57. The molecule has 0 bridgehead atoms. The highest BCUT2D eigenvalue weighted by molar-refractivity contribution is 6.30. The van der Waals surface area contributed by atoms with Crippen LogP contribution in [0.1, 0.15) is 37.0 Å². The molecule has 1 aromatic heterocycles. The molecule has 5 heteroatoms. The van der Waals surface area contributed by atoms with Crippen LogP contribution >= 0.6 is 11.6 Å². The molecule has 106 valence electrons. The van der Waals surface area contributed by atoms with Crippen LogP contribution in [0.4, 0.5) is 0 Å². The molecule has 1 aliphatic rings. The minimum atomic E-state index is -0.0382. The first kappa shape index (κ1) is 13.6. The van der Waals surface area contributed by atoms with E-state index in [0.717, 1.165) is 48.2 Å². The molecule has 2 heterocycles. The van der Waals surface area contributed by atoms with Gasteiger partial charge in [0, 0.05) is 18.0 Å². The minimum Gasteiger partial charge on any atom is -0.339 e. The fraction of sp³-hybridized carbons (Fsp3) is 0.467. The van der Waals surface area contributed by atoms with Crippen molar-refractivity contribution in [1.29, 1.82) is 0 Å². The zero-order valence-electron chi connectivity index (χ0n) is 11.5. The second-order valence-electron chi connectivity index (χ2n) is 5.66. The zero-order valence-corrected chi connectivity index (χ0v) is 12.3. The van der Waals surface area contributed by atoms with Gasteiger partial charge in [-0.1, -0.05) is 28.9 Å². The van der Waals surface area contributed by atoms with E-state index >= 15 is 0 Å². The molecule has 1 aliphatic heterocycles. The first-order chi connectivity index (χ1) is 9.66. The fourth-order valence-electron chi connectivity index (χ4n) is 2.59. The molecular formula is C15H18ClN3O. The van der Waals surface area contributed by atoms with Crippen LogP contribution in [0.3, 0.4) is 0 Å². The zero-order chi connectivity index (χ0) is 14.0. The average molecular weight is 292 g/mol. The van der Waals surface area contributed by atoms with Crippen LogP contribution in [0.25, 0.3) is 0 Å². The van der Waals surface area contributed by atoms with Gasteiger partial charge in [0.05, 0.1) is 5.41 Å². The van der Waals surface area contributed by atoms with E-state index in [1.54, 1.807) is 0 Å². The van der Waals surface area contributed by atoms with Crippen LogP contribution in [0, 0.1) is 0 Å². The standard InChI is InChI=1S/C15H18ClN3O/c1-15(7-2-8-17-10-15)14-18-13(19-20-14)9-11-3-5-12(16)6-4-11/h3-6,17H,2,7-10H2,1H3. The maximum Gasteiger partial charge on any atom is 0.233 e. The van der Waals surface area contributed by atoms with Gasteiger partial charge in [0.15, 0.2) is 5.82 Å². The Morgan fingerprint density at radius 3 is 2.85 bits per heavy atom. The van der Waals surface area contributed by atoms with Crippen molar-refractivity contribution in [3.8, 4) is 0 Å². The van der Waals surface area contributed by atoms with Crippen LogP contribution < -0.4 is 5.32 Å². The van der Waals surface area contributed by atoms with Crippen LogP contribution in [0.15, 0.2) is 28.8 Å². The van der Waals surface area contributed by atoms with Crippen molar-refractivity contribution < 1.29 is 4.52 Å². The quantitative estimate of drug-likeness (QED) is 0.944. The first-order valence-corrected chi connectivity index (χ1v) is 7.32. The Hall–Kier alpha value is -1.39. The summed E-state index contributed by atoms with van der Waals surface area (Å²) in [6.45, 7) is 4.15. The van der Waals surface area contributed by atoms with E-state index in [1.807, 2.05) is 24.3 Å². The van der Waals surface area contributed by atoms with Crippen LogP contribution in [-0.2, 0) is 11.8 Å². The molecule has 1 unspecified atom stereocenters. The fourth-order valence-corrected chi connectivity index (χ4v) is 2.72. The molecule has 0 amide bonds. The lowest BCUT2D eigenvalue weighted by atomic mass is 9.83. The summed E-state index contributed by atoms with van der Waals surface area (Å²) in [5.74, 6) is 1.47. The van der Waals surface area contributed by atoms with Gasteiger partial charge in [-0.15, -0.1) is 0 Å². The summed E-state index contributed by atoms with van der Waals surface area (Å²) in [5, 5.41) is 8.24. The number of piperidine rings is 1. The van der Waals surface area contributed by atoms with E-state index in [1.165, 1.54) is 0 Å². The van der Waals surface area contributed by atoms with Gasteiger partial charge in [0.1, 0.15) is 0 Å². The van der Waals surface area contributed by atoms with E-state index in [0.29, 0.717) is 6.42 Å². The first-order valence-electron chi connectivity index (χ1n) is 6.94. The van der Waals surface area contributed by atoms with Crippen molar-refractivity contribution >= 4 is 11.6 Å². The monoisotopic (exact) mass is 291 g/mol. The Bertz CT molecular complexity index is 573. The second-order valence-corrected chi connectivity index (χ2v) is 6.10. The molecule has 20 heavy (non-hydrogen) atoms. The predicted octanol–water partition coefficient (Wildman–Crippen LogP) is 2.95. The number of nitrogens with one attached hydrogen (secondary N) is 1. The third-order valence-corrected chi connectivity index (χ3v) is 4.11. The number of nitrogens with zero attached hydrogens (tertiary/aromatic N) is 2. The Labute approximate surface area is 123 Å². The molecule has 0 radical (unpaired) electrons. The normalized spacial score (nSPS) is 22.9. The Kier molecular flexibility index (Phi) is 3.76. The Morgan fingerprint density at radius 1 is 1.35 bits per heavy atom. The van der Waals surface area contributed by atoms with Crippen molar-refractivity contribution in [3.05, 3.63) is 46.6 Å². The predicted molar refractivity (Wildman–Crippen MR) is 78.0 cm³/mol. The molecule has 0 aliphatic carbocycles. The molecule has 0 saturated carbocycles. The van der Waals surface area contributed by atoms with Crippen molar-refractivity contribution in [2.75, 3.05) is 13.1 Å². The topological polar surface area (TPSA) is 51.0 Å². The highest BCUT2D eigenvalue weighted by atomic mass is 35.5. The Balaban J connectivity index is 1.74. The maximum absolute atomic E-state index is 5.88. The van der Waals surface area contributed by atoms with Gasteiger partial charge in [0.2, 0.25) is 5.89 Å². The number of rotatable bonds is 3. The van der Waals surface area contributed by atoms with Gasteiger partial charge in [-0.3, -0.25) is 0 Å². The third-order valence-electron chi connectivity index (χ3n) is 3.86. The minimum absolute atomic E-state index is 0.0382. The van der Waals surface area contributed by atoms with Gasteiger partial charge < -0.3 is 9.84 Å². The van der Waals surface area contributed by atoms with E-state index < -0.39 is 0 Å². The average Bonchev–Trinajstić information content (AvgIpc) is 2.92. The van der Waals surface area contributed by atoms with Crippen molar-refractivity contribution in [3.63, 3.8) is 0 Å². The summed E-state index contributed by atoms with van der Waals surface area (Å²) in [5.41, 5.74) is 1.09. The van der Waals surface area contributed by atoms with Crippen molar-refractivity contribution in [2.45, 2.75) is 31.6 Å². The van der Waals surface area contributed by atoms with Crippen molar-refractivity contribution in [1.82, 2.24) is 15.5 Å². The van der Waals surface area contributed by atoms with E-state index in [4.69, 9.17) is 16.1 Å². The summed E-state index contributed by atoms with van der Waals surface area (Å²) < 4.78 is 5.48. The van der Waals surface area contributed by atoms with Gasteiger partial charge in [0.25, 0.3) is 0 Å². The van der Waals surface area contributed by atoms with E-state index in [9.17, 15) is 0 Å². The lowest BCUT2D eigenvalue weighted by molar-refractivity contribution is 0.245. The number of hydrogen-bond donors (Lipinski definition) is 1. The second kappa shape index (κ2) is 5.54. The van der Waals surface area contributed by atoms with E-state index in [-0.39, 0.29) is 5.41 Å². The van der Waals surface area contributed by atoms with Crippen LogP contribution in [-0.4, -0.2) is 23.2 Å². The Morgan fingerprint density at radius 2 is 2.15 bits per heavy atom. The van der Waals surface area contributed by atoms with Crippen LogP contribution in [0.5, 0.6) is 0 Å². The van der Waals surface area contributed by atoms with Gasteiger partial charge in [-0.25, -0.2) is 0 Å². The molecule has 0 spiro atoms. The third kappa shape index (κ3) is 2.86. The molecule has 1 N–H and O–H groups in total. The summed E-state index contributed by atoms with van der Waals surface area (Å²) in [6.07, 6.45) is 2.90. The highest BCUT2D eigenvalue weighted by Gasteiger charge is 2.34. The molecule has 1 fully saturated rings. The molecule has 1 atom stereocenters. The summed E-state index contributed by atoms with van der Waals surface area (Å²) >= 11 is 5.88. The number of benzene rings is 1. The van der Waals surface area contributed by atoms with Gasteiger partial charge in [-0.05, 0) is 44.0 Å². The lowest BCUT2D eigenvalue weighted by Gasteiger charge is -2.30. The SMILES string of the molecule is CC1(c2nc(Cc3ccc(Cl)cc3)no2)CCCNC1. The summed E-state index contributed by atoms with van der Waals surface area (Å²) in [6, 6.07) is 7.74. The van der Waals surface area contributed by atoms with Gasteiger partial charge >= 0.3 is 0 Å². The lowest BCUT2D eigenvalue weighted by Crippen LogP contribution is -2.41. The maximum atomic E-state index is 5.88. The van der Waals surface area contributed by atoms with Crippen molar-refractivity contribution in [2.24, 2.45) is 0 Å². The molecule has 1 aromatic carbocycles. The van der Waals surface area contributed by atoms with Gasteiger partial charge in [-0.2, -0.15) is 4.98 Å². The molecule has 2 aromatic rings. The molecule has 1 saturated heterocycles. The smallest absolute Gasteiger partial charge is 0.233 e. The largest absolute Gasteiger partial charge is 0.339 e. The number of hydrogen-bond acceptors (Lipinski definition) is 4. The summed E-state index contributed by atoms with van der Waals surface area (Å²) in [7, 11) is 0. The molecule has 3 rings (SSSR count). The molecular weight excluding hydrogens is 274 g/mol.